The number of fused-ring (bicyclic) bond motifs is 3. The van der Waals surface area contributed by atoms with Crippen LogP contribution in [0.3, 0.4) is 0 Å². The Morgan fingerprint density at radius 2 is 1.58 bits per heavy atom. The third kappa shape index (κ3) is 4.92. The van der Waals surface area contributed by atoms with Gasteiger partial charge < -0.3 is 0 Å². The molecule has 2 aromatic heterocycles. The van der Waals surface area contributed by atoms with Gasteiger partial charge in [-0.05, 0) is 55.5 Å². The Morgan fingerprint density at radius 1 is 0.970 bits per heavy atom. The Balaban J connectivity index is 1.55. The number of rotatable bonds is 9. The van der Waals surface area contributed by atoms with Gasteiger partial charge in [0.1, 0.15) is 0 Å². The second-order valence-electron chi connectivity index (χ2n) is 7.35. The van der Waals surface area contributed by atoms with Gasteiger partial charge in [0.15, 0.2) is 9.47 Å². The maximum absolute atomic E-state index is 12.9. The molecule has 0 aliphatic rings. The third-order valence-corrected chi connectivity index (χ3v) is 10.1. The summed E-state index contributed by atoms with van der Waals surface area (Å²) in [5.41, 5.74) is 2.11. The molecule has 0 spiro atoms. The van der Waals surface area contributed by atoms with Crippen LogP contribution in [-0.4, -0.2) is 47.9 Å². The number of thioether (sulfide) groups is 1. The molecule has 1 amide bonds. The highest BCUT2D eigenvalue weighted by molar-refractivity contribution is 8.00. The van der Waals surface area contributed by atoms with Crippen LogP contribution in [0.25, 0.3) is 20.4 Å². The van der Waals surface area contributed by atoms with Crippen molar-refractivity contribution in [3.8, 4) is 0 Å². The Bertz CT molecular complexity index is 1390. The van der Waals surface area contributed by atoms with Crippen molar-refractivity contribution < 1.29 is 13.2 Å². The lowest BCUT2D eigenvalue weighted by atomic mass is 10.2. The molecule has 0 atom stereocenters. The number of benzene rings is 2. The Labute approximate surface area is 205 Å². The summed E-state index contributed by atoms with van der Waals surface area (Å²) in [6.07, 6.45) is 3.48. The molecule has 2 aromatic carbocycles. The van der Waals surface area contributed by atoms with Crippen LogP contribution in [0, 0.1) is 0 Å². The van der Waals surface area contributed by atoms with Crippen LogP contribution in [0.5, 0.6) is 0 Å². The highest BCUT2D eigenvalue weighted by atomic mass is 32.2. The van der Waals surface area contributed by atoms with E-state index in [1.165, 1.54) is 39.9 Å². The SMILES string of the molecule is CCCN(CCC)S(=O)(=O)c1ccc(C(=O)Nc2nc3ccc4nc(SC)sc4c3s2)cc1. The highest BCUT2D eigenvalue weighted by Crippen LogP contribution is 2.38. The van der Waals surface area contributed by atoms with E-state index in [0.29, 0.717) is 23.8 Å². The van der Waals surface area contributed by atoms with E-state index >= 15 is 0 Å². The van der Waals surface area contributed by atoms with E-state index in [0.717, 1.165) is 37.6 Å². The number of nitrogens with zero attached hydrogens (tertiary/aromatic N) is 3. The van der Waals surface area contributed by atoms with E-state index in [9.17, 15) is 13.2 Å². The molecule has 7 nitrogen and oxygen atoms in total. The van der Waals surface area contributed by atoms with Crippen molar-refractivity contribution in [2.24, 2.45) is 0 Å². The van der Waals surface area contributed by atoms with Crippen LogP contribution in [0.15, 0.2) is 45.6 Å². The molecule has 0 saturated carbocycles. The predicted molar refractivity (Wildman–Crippen MR) is 138 cm³/mol. The van der Waals surface area contributed by atoms with Gasteiger partial charge in [-0.3, -0.25) is 10.1 Å². The zero-order chi connectivity index (χ0) is 23.6. The molecule has 174 valence electrons. The lowest BCUT2D eigenvalue weighted by Crippen LogP contribution is -2.32. The summed E-state index contributed by atoms with van der Waals surface area (Å²) in [6.45, 7) is 4.85. The van der Waals surface area contributed by atoms with Crippen LogP contribution in [-0.2, 0) is 10.0 Å². The van der Waals surface area contributed by atoms with E-state index in [1.807, 2.05) is 32.2 Å². The second-order valence-corrected chi connectivity index (χ2v) is 12.3. The molecule has 4 aromatic rings. The molecule has 4 rings (SSSR count). The van der Waals surface area contributed by atoms with Gasteiger partial charge in [0, 0.05) is 18.7 Å². The first-order chi connectivity index (χ1) is 15.9. The van der Waals surface area contributed by atoms with Crippen molar-refractivity contribution in [2.75, 3.05) is 24.7 Å². The summed E-state index contributed by atoms with van der Waals surface area (Å²) in [5, 5.41) is 3.34. The van der Waals surface area contributed by atoms with Crippen LogP contribution < -0.4 is 5.32 Å². The number of carbonyl (C=O) groups excluding carboxylic acids is 1. The molecular formula is C22H24N4O3S4. The van der Waals surface area contributed by atoms with Crippen molar-refractivity contribution >= 4 is 75.9 Å². The lowest BCUT2D eigenvalue weighted by molar-refractivity contribution is 0.102. The Morgan fingerprint density at radius 3 is 2.18 bits per heavy atom. The van der Waals surface area contributed by atoms with Gasteiger partial charge in [0.2, 0.25) is 10.0 Å². The number of anilines is 1. The fourth-order valence-corrected chi connectivity index (χ4v) is 7.72. The number of amides is 1. The standard InChI is InChI=1S/C22H24N4O3S4/c1-4-12-26(13-5-2)33(28,29)15-8-6-14(7-9-15)20(27)25-21-23-16-10-11-17-19(18(16)31-21)32-22(24-17)30-3/h6-11H,4-5,12-13H2,1-3H3,(H,23,25,27). The predicted octanol–water partition coefficient (Wildman–Crippen LogP) is 5.69. The number of hydrogen-bond acceptors (Lipinski definition) is 8. The van der Waals surface area contributed by atoms with Crippen LogP contribution in [0.4, 0.5) is 5.13 Å². The first-order valence-electron chi connectivity index (χ1n) is 10.5. The molecule has 0 aliphatic heterocycles. The van der Waals surface area contributed by atoms with Gasteiger partial charge in [-0.1, -0.05) is 36.9 Å². The average Bonchev–Trinajstić information content (AvgIpc) is 3.42. The number of nitrogens with one attached hydrogen (secondary N) is 1. The first kappa shape index (κ1) is 24.1. The topological polar surface area (TPSA) is 92.3 Å². The Kier molecular flexibility index (Phi) is 7.34. The summed E-state index contributed by atoms with van der Waals surface area (Å²) >= 11 is 4.63. The van der Waals surface area contributed by atoms with E-state index in [4.69, 9.17) is 0 Å². The van der Waals surface area contributed by atoms with Gasteiger partial charge in [-0.25, -0.2) is 18.4 Å². The second kappa shape index (κ2) is 10.1. The molecule has 0 saturated heterocycles. The zero-order valence-electron chi connectivity index (χ0n) is 18.5. The summed E-state index contributed by atoms with van der Waals surface area (Å²) < 4.78 is 30.4. The van der Waals surface area contributed by atoms with Gasteiger partial charge in [0.05, 0.1) is 25.3 Å². The summed E-state index contributed by atoms with van der Waals surface area (Å²) in [6, 6.07) is 9.91. The van der Waals surface area contributed by atoms with Crippen molar-refractivity contribution in [2.45, 2.75) is 35.9 Å². The van der Waals surface area contributed by atoms with Gasteiger partial charge >= 0.3 is 0 Å². The molecule has 1 N–H and O–H groups in total. The largest absolute Gasteiger partial charge is 0.298 e. The number of carbonyl (C=O) groups is 1. The minimum Gasteiger partial charge on any atom is -0.298 e. The molecule has 11 heteroatoms. The number of sulfonamides is 1. The van der Waals surface area contributed by atoms with Crippen molar-refractivity contribution in [3.05, 3.63) is 42.0 Å². The summed E-state index contributed by atoms with van der Waals surface area (Å²) in [7, 11) is -3.58. The Hall–Kier alpha value is -2.05. The average molecular weight is 521 g/mol. The van der Waals surface area contributed by atoms with Crippen LogP contribution in [0.2, 0.25) is 0 Å². The smallest absolute Gasteiger partial charge is 0.257 e. The maximum atomic E-state index is 12.9. The molecule has 0 fully saturated rings. The number of aromatic nitrogens is 2. The van der Waals surface area contributed by atoms with Gasteiger partial charge in [-0.15, -0.1) is 11.3 Å². The zero-order valence-corrected chi connectivity index (χ0v) is 21.8. The molecule has 0 radical (unpaired) electrons. The summed E-state index contributed by atoms with van der Waals surface area (Å²) in [5.74, 6) is -0.331. The van der Waals surface area contributed by atoms with E-state index in [1.54, 1.807) is 23.1 Å². The monoisotopic (exact) mass is 520 g/mol. The lowest BCUT2D eigenvalue weighted by Gasteiger charge is -2.21. The van der Waals surface area contributed by atoms with Crippen LogP contribution in [0.1, 0.15) is 37.0 Å². The quantitative estimate of drug-likeness (QED) is 0.285. The molecular weight excluding hydrogens is 497 g/mol. The minimum atomic E-state index is -3.58. The number of thiazole rings is 2. The maximum Gasteiger partial charge on any atom is 0.257 e. The fraction of sp³-hybridized carbons (Fsp3) is 0.318. The first-order valence-corrected chi connectivity index (χ1v) is 14.8. The molecule has 2 heterocycles. The molecule has 0 bridgehead atoms. The van der Waals surface area contributed by atoms with E-state index in [2.05, 4.69) is 15.3 Å². The molecule has 33 heavy (non-hydrogen) atoms. The fourth-order valence-electron chi connectivity index (χ4n) is 3.44. The highest BCUT2D eigenvalue weighted by Gasteiger charge is 2.23. The van der Waals surface area contributed by atoms with Crippen LogP contribution >= 0.6 is 34.4 Å². The van der Waals surface area contributed by atoms with Crippen molar-refractivity contribution in [1.82, 2.24) is 14.3 Å². The van der Waals surface area contributed by atoms with E-state index in [-0.39, 0.29) is 10.8 Å². The molecule has 0 aliphatic carbocycles. The van der Waals surface area contributed by atoms with Crippen molar-refractivity contribution in [1.29, 1.82) is 0 Å². The van der Waals surface area contributed by atoms with Crippen molar-refractivity contribution in [3.63, 3.8) is 0 Å². The minimum absolute atomic E-state index is 0.193. The third-order valence-electron chi connectivity index (χ3n) is 4.99. The normalized spacial score (nSPS) is 12.1. The van der Waals surface area contributed by atoms with Gasteiger partial charge in [0.25, 0.3) is 5.91 Å². The van der Waals surface area contributed by atoms with Gasteiger partial charge in [-0.2, -0.15) is 4.31 Å². The number of hydrogen-bond donors (Lipinski definition) is 1. The van der Waals surface area contributed by atoms with E-state index < -0.39 is 10.0 Å². The summed E-state index contributed by atoms with van der Waals surface area (Å²) in [4.78, 5) is 22.1. The molecule has 0 unspecified atom stereocenters.